The molecular weight excluding hydrogens is 280 g/mol. The van der Waals surface area contributed by atoms with Crippen LogP contribution in [0.1, 0.15) is 0 Å². The summed E-state index contributed by atoms with van der Waals surface area (Å²) < 4.78 is 3.32. The Morgan fingerprint density at radius 1 is 1.05 bits per heavy atom. The Morgan fingerprint density at radius 2 is 1.73 bits per heavy atom. The average Bonchev–Trinajstić information content (AvgIpc) is 2.78. The molecule has 0 saturated carbocycles. The van der Waals surface area contributed by atoms with Crippen molar-refractivity contribution in [2.24, 2.45) is 14.1 Å². The van der Waals surface area contributed by atoms with E-state index in [2.05, 4.69) is 20.2 Å². The average molecular weight is 298 g/mol. The monoisotopic (exact) mass is 298 g/mol. The van der Waals surface area contributed by atoms with E-state index in [1.165, 1.54) is 0 Å². The highest BCUT2D eigenvalue weighted by Crippen LogP contribution is 2.27. The van der Waals surface area contributed by atoms with Gasteiger partial charge in [0.15, 0.2) is 0 Å². The second kappa shape index (κ2) is 4.81. The van der Waals surface area contributed by atoms with Gasteiger partial charge in [-0.1, -0.05) is 0 Å². The zero-order valence-corrected chi connectivity index (χ0v) is 12.7. The minimum absolute atomic E-state index is 0.0259. The summed E-state index contributed by atoms with van der Waals surface area (Å²) in [5.74, 6) is 0.949. The van der Waals surface area contributed by atoms with Crippen LogP contribution >= 0.6 is 0 Å². The van der Waals surface area contributed by atoms with Crippen LogP contribution in [0.5, 0.6) is 0 Å². The third-order valence-corrected chi connectivity index (χ3v) is 4.42. The highest BCUT2D eigenvalue weighted by Gasteiger charge is 2.17. The Labute approximate surface area is 127 Å². The molecule has 0 aliphatic carbocycles. The fourth-order valence-corrected chi connectivity index (χ4v) is 3.16. The number of nitrogens with one attached hydrogen (secondary N) is 1. The van der Waals surface area contributed by atoms with Crippen molar-refractivity contribution in [1.29, 1.82) is 0 Å². The van der Waals surface area contributed by atoms with Crippen LogP contribution in [0.4, 0.5) is 5.82 Å². The van der Waals surface area contributed by atoms with Gasteiger partial charge < -0.3 is 10.2 Å². The Hall–Kier alpha value is -2.41. The molecule has 2 aromatic heterocycles. The van der Waals surface area contributed by atoms with Gasteiger partial charge in [0, 0.05) is 45.7 Å². The van der Waals surface area contributed by atoms with Crippen LogP contribution in [0, 0.1) is 0 Å². The van der Waals surface area contributed by atoms with Crippen LogP contribution < -0.4 is 15.9 Å². The van der Waals surface area contributed by atoms with Gasteiger partial charge in [0.2, 0.25) is 0 Å². The molecule has 3 heterocycles. The molecule has 1 saturated heterocycles. The molecule has 3 aromatic rings. The standard InChI is InChI=1S/C15H18N6O/c1-19-12-7-10-11(8-13(12)20(2)15(19)22)17-9-18-14(10)21-5-3-16-4-6-21/h7-9,16H,3-6H2,1-2H3. The maximum Gasteiger partial charge on any atom is 0.328 e. The van der Waals surface area contributed by atoms with Crippen LogP contribution in [-0.4, -0.2) is 45.3 Å². The molecule has 22 heavy (non-hydrogen) atoms. The van der Waals surface area contributed by atoms with E-state index < -0.39 is 0 Å². The van der Waals surface area contributed by atoms with E-state index >= 15 is 0 Å². The number of benzene rings is 1. The quantitative estimate of drug-likeness (QED) is 0.696. The predicted molar refractivity (Wildman–Crippen MR) is 86.3 cm³/mol. The summed E-state index contributed by atoms with van der Waals surface area (Å²) in [4.78, 5) is 23.3. The number of aryl methyl sites for hydroxylation is 2. The van der Waals surface area contributed by atoms with Crippen LogP contribution in [0.15, 0.2) is 23.3 Å². The van der Waals surface area contributed by atoms with Gasteiger partial charge in [-0.25, -0.2) is 14.8 Å². The molecule has 1 N–H and O–H groups in total. The fourth-order valence-electron chi connectivity index (χ4n) is 3.16. The van der Waals surface area contributed by atoms with Gasteiger partial charge in [-0.15, -0.1) is 0 Å². The number of hydrogen-bond donors (Lipinski definition) is 1. The topological polar surface area (TPSA) is 68.0 Å². The molecule has 0 bridgehead atoms. The summed E-state index contributed by atoms with van der Waals surface area (Å²) in [6, 6.07) is 4.00. The molecule has 0 unspecified atom stereocenters. The van der Waals surface area contributed by atoms with Crippen molar-refractivity contribution >= 4 is 27.8 Å². The summed E-state index contributed by atoms with van der Waals surface area (Å²) in [5.41, 5.74) is 2.65. The number of anilines is 1. The Morgan fingerprint density at radius 3 is 2.45 bits per heavy atom. The lowest BCUT2D eigenvalue weighted by atomic mass is 10.2. The lowest BCUT2D eigenvalue weighted by Crippen LogP contribution is -2.44. The molecule has 7 heteroatoms. The number of rotatable bonds is 1. The van der Waals surface area contributed by atoms with Crippen molar-refractivity contribution in [3.05, 3.63) is 28.9 Å². The zero-order valence-electron chi connectivity index (χ0n) is 12.7. The minimum atomic E-state index is -0.0259. The van der Waals surface area contributed by atoms with E-state index in [4.69, 9.17) is 0 Å². The van der Waals surface area contributed by atoms with Gasteiger partial charge in [-0.05, 0) is 12.1 Å². The van der Waals surface area contributed by atoms with Gasteiger partial charge in [-0.3, -0.25) is 9.13 Å². The molecule has 0 atom stereocenters. The molecule has 0 spiro atoms. The predicted octanol–water partition coefficient (Wildman–Crippen LogP) is 0.230. The summed E-state index contributed by atoms with van der Waals surface area (Å²) in [5, 5.41) is 4.35. The molecule has 0 radical (unpaired) electrons. The summed E-state index contributed by atoms with van der Waals surface area (Å²) in [6.45, 7) is 3.77. The molecule has 114 valence electrons. The first-order valence-electron chi connectivity index (χ1n) is 7.42. The Kier molecular flexibility index (Phi) is 2.90. The van der Waals surface area contributed by atoms with E-state index in [0.717, 1.165) is 53.9 Å². The number of piperazine rings is 1. The van der Waals surface area contributed by atoms with Gasteiger partial charge >= 0.3 is 5.69 Å². The second-order valence-corrected chi connectivity index (χ2v) is 5.69. The lowest BCUT2D eigenvalue weighted by Gasteiger charge is -2.29. The minimum Gasteiger partial charge on any atom is -0.353 e. The van der Waals surface area contributed by atoms with Crippen molar-refractivity contribution < 1.29 is 0 Å². The van der Waals surface area contributed by atoms with Crippen LogP contribution in [0.2, 0.25) is 0 Å². The summed E-state index contributed by atoms with van der Waals surface area (Å²) in [7, 11) is 3.58. The molecule has 1 aliphatic rings. The van der Waals surface area contributed by atoms with Crippen LogP contribution in [-0.2, 0) is 14.1 Å². The van der Waals surface area contributed by atoms with E-state index in [1.54, 1.807) is 29.6 Å². The largest absolute Gasteiger partial charge is 0.353 e. The van der Waals surface area contributed by atoms with Gasteiger partial charge in [0.1, 0.15) is 12.1 Å². The highest BCUT2D eigenvalue weighted by atomic mass is 16.1. The Balaban J connectivity index is 2.01. The molecule has 1 fully saturated rings. The zero-order chi connectivity index (χ0) is 15.3. The summed E-state index contributed by atoms with van der Waals surface area (Å²) >= 11 is 0. The first-order valence-corrected chi connectivity index (χ1v) is 7.42. The third kappa shape index (κ3) is 1.82. The molecule has 0 amide bonds. The van der Waals surface area contributed by atoms with E-state index in [9.17, 15) is 4.79 Å². The SMILES string of the molecule is Cn1c(=O)n(C)c2cc3c(N4CCNCC4)ncnc3cc21. The highest BCUT2D eigenvalue weighted by molar-refractivity contribution is 5.99. The van der Waals surface area contributed by atoms with Crippen molar-refractivity contribution in [2.75, 3.05) is 31.1 Å². The number of hydrogen-bond acceptors (Lipinski definition) is 5. The number of aromatic nitrogens is 4. The summed E-state index contributed by atoms with van der Waals surface area (Å²) in [6.07, 6.45) is 1.60. The maximum atomic E-state index is 12.1. The maximum absolute atomic E-state index is 12.1. The van der Waals surface area contributed by atoms with Crippen molar-refractivity contribution in [1.82, 2.24) is 24.4 Å². The van der Waals surface area contributed by atoms with E-state index in [1.807, 2.05) is 12.1 Å². The molecule has 1 aromatic carbocycles. The van der Waals surface area contributed by atoms with Crippen LogP contribution in [0.3, 0.4) is 0 Å². The Bertz CT molecular complexity index is 919. The second-order valence-electron chi connectivity index (χ2n) is 5.69. The first kappa shape index (κ1) is 13.3. The molecule has 4 rings (SSSR count). The molecule has 7 nitrogen and oxygen atoms in total. The first-order chi connectivity index (χ1) is 10.7. The molecule has 1 aliphatic heterocycles. The number of nitrogens with zero attached hydrogens (tertiary/aromatic N) is 5. The van der Waals surface area contributed by atoms with Crippen LogP contribution in [0.25, 0.3) is 21.9 Å². The van der Waals surface area contributed by atoms with Gasteiger partial charge in [0.05, 0.1) is 16.6 Å². The van der Waals surface area contributed by atoms with Crippen molar-refractivity contribution in [3.63, 3.8) is 0 Å². The van der Waals surface area contributed by atoms with E-state index in [-0.39, 0.29) is 5.69 Å². The van der Waals surface area contributed by atoms with E-state index in [0.29, 0.717) is 0 Å². The lowest BCUT2D eigenvalue weighted by molar-refractivity contribution is 0.586. The smallest absolute Gasteiger partial charge is 0.328 e. The normalized spacial score (nSPS) is 15.8. The fraction of sp³-hybridized carbons (Fsp3) is 0.400. The molecular formula is C15H18N6O. The van der Waals surface area contributed by atoms with Crippen molar-refractivity contribution in [2.45, 2.75) is 0 Å². The number of fused-ring (bicyclic) bond motifs is 2. The number of imidazole rings is 1. The van der Waals surface area contributed by atoms with Gasteiger partial charge in [-0.2, -0.15) is 0 Å². The third-order valence-electron chi connectivity index (χ3n) is 4.42. The van der Waals surface area contributed by atoms with Gasteiger partial charge in [0.25, 0.3) is 0 Å². The van der Waals surface area contributed by atoms with Crippen molar-refractivity contribution in [3.8, 4) is 0 Å².